The fourth-order valence-corrected chi connectivity index (χ4v) is 4.61. The largest absolute Gasteiger partial charge is 0.340 e. The zero-order valence-corrected chi connectivity index (χ0v) is 15.9. The Hall–Kier alpha value is -1.05. The number of allylic oxidation sites excluding steroid dienone is 1. The summed E-state index contributed by atoms with van der Waals surface area (Å²) in [6.45, 7) is 13.7. The van der Waals surface area contributed by atoms with Crippen LogP contribution in [0.3, 0.4) is 0 Å². The molecule has 2 rings (SSSR count). The molecule has 1 heterocycles. The van der Waals surface area contributed by atoms with E-state index in [9.17, 15) is 0 Å². The molecule has 0 radical (unpaired) electrons. The molecule has 130 valence electrons. The van der Waals surface area contributed by atoms with Crippen LogP contribution in [-0.4, -0.2) is 9.55 Å². The van der Waals surface area contributed by atoms with Crippen LogP contribution in [0.15, 0.2) is 24.7 Å². The number of hydrogen-bond donors (Lipinski definition) is 0. The summed E-state index contributed by atoms with van der Waals surface area (Å²) < 4.78 is 2.11. The quantitative estimate of drug-likeness (QED) is 0.520. The molecule has 0 bridgehead atoms. The van der Waals surface area contributed by atoms with Gasteiger partial charge >= 0.3 is 0 Å². The topological polar surface area (TPSA) is 17.8 Å². The lowest BCUT2D eigenvalue weighted by molar-refractivity contribution is 0.0645. The van der Waals surface area contributed by atoms with Gasteiger partial charge in [-0.25, -0.2) is 4.98 Å². The predicted octanol–water partition coefficient (Wildman–Crippen LogP) is 5.89. The maximum Gasteiger partial charge on any atom is 0.0947 e. The standard InChI is InChI=1S/C21H36N2/c1-7-10-18(11-8-2)21(5,20-14-23(6)15-22-20)19-12-17(13-19)16(4)9-3/h14-15,17-19H,4,7-13H2,1-3,5-6H3. The van der Waals surface area contributed by atoms with Gasteiger partial charge in [0.15, 0.2) is 0 Å². The molecule has 1 aliphatic rings. The van der Waals surface area contributed by atoms with E-state index < -0.39 is 0 Å². The predicted molar refractivity (Wildman–Crippen MR) is 99.5 cm³/mol. The smallest absolute Gasteiger partial charge is 0.0947 e. The molecule has 1 aliphatic carbocycles. The van der Waals surface area contributed by atoms with Crippen LogP contribution in [0.25, 0.3) is 0 Å². The van der Waals surface area contributed by atoms with Gasteiger partial charge in [0.05, 0.1) is 12.0 Å². The van der Waals surface area contributed by atoms with Crippen molar-refractivity contribution < 1.29 is 0 Å². The van der Waals surface area contributed by atoms with Gasteiger partial charge in [-0.1, -0.05) is 52.7 Å². The number of imidazole rings is 1. The third-order valence-electron chi connectivity index (χ3n) is 6.40. The molecule has 0 saturated heterocycles. The Labute approximate surface area is 143 Å². The van der Waals surface area contributed by atoms with E-state index in [-0.39, 0.29) is 5.41 Å². The van der Waals surface area contributed by atoms with E-state index in [0.29, 0.717) is 0 Å². The van der Waals surface area contributed by atoms with Crippen LogP contribution in [-0.2, 0) is 12.5 Å². The zero-order chi connectivity index (χ0) is 17.0. The molecule has 0 N–H and O–H groups in total. The first kappa shape index (κ1) is 18.3. The van der Waals surface area contributed by atoms with Crippen LogP contribution in [0.1, 0.15) is 78.3 Å². The summed E-state index contributed by atoms with van der Waals surface area (Å²) in [5, 5.41) is 0. The second kappa shape index (κ2) is 7.68. The molecular formula is C21H36N2. The van der Waals surface area contributed by atoms with Crippen molar-refractivity contribution >= 4 is 0 Å². The van der Waals surface area contributed by atoms with E-state index in [1.54, 1.807) is 0 Å². The Balaban J connectivity index is 2.27. The van der Waals surface area contributed by atoms with Crippen LogP contribution < -0.4 is 0 Å². The van der Waals surface area contributed by atoms with Gasteiger partial charge in [-0.2, -0.15) is 0 Å². The van der Waals surface area contributed by atoms with Crippen LogP contribution in [0, 0.1) is 17.8 Å². The van der Waals surface area contributed by atoms with Crippen molar-refractivity contribution in [2.75, 3.05) is 0 Å². The van der Waals surface area contributed by atoms with Crippen LogP contribution in [0.5, 0.6) is 0 Å². The van der Waals surface area contributed by atoms with E-state index in [0.717, 1.165) is 24.2 Å². The summed E-state index contributed by atoms with van der Waals surface area (Å²) in [5.74, 6) is 2.25. The minimum absolute atomic E-state index is 0.220. The first-order valence-electron chi connectivity index (χ1n) is 9.63. The van der Waals surface area contributed by atoms with E-state index in [4.69, 9.17) is 4.98 Å². The van der Waals surface area contributed by atoms with E-state index >= 15 is 0 Å². The van der Waals surface area contributed by atoms with Gasteiger partial charge in [-0.3, -0.25) is 0 Å². The SMILES string of the molecule is C=C(CC)C1CC(C(C)(c2cn(C)cn2)C(CCC)CCC)C1. The fourth-order valence-electron chi connectivity index (χ4n) is 4.61. The molecule has 0 spiro atoms. The zero-order valence-electron chi connectivity index (χ0n) is 15.9. The Morgan fingerprint density at radius 2 is 1.91 bits per heavy atom. The van der Waals surface area contributed by atoms with Crippen molar-refractivity contribution in [3.05, 3.63) is 30.4 Å². The van der Waals surface area contributed by atoms with Crippen molar-refractivity contribution in [3.8, 4) is 0 Å². The van der Waals surface area contributed by atoms with Gasteiger partial charge in [0.2, 0.25) is 0 Å². The fraction of sp³-hybridized carbons (Fsp3) is 0.762. The third-order valence-corrected chi connectivity index (χ3v) is 6.40. The van der Waals surface area contributed by atoms with Crippen molar-refractivity contribution in [3.63, 3.8) is 0 Å². The highest BCUT2D eigenvalue weighted by Gasteiger charge is 2.49. The monoisotopic (exact) mass is 316 g/mol. The summed E-state index contributed by atoms with van der Waals surface area (Å²) in [5.41, 5.74) is 2.99. The van der Waals surface area contributed by atoms with Crippen LogP contribution in [0.4, 0.5) is 0 Å². The van der Waals surface area contributed by atoms with Gasteiger partial charge in [0.25, 0.3) is 0 Å². The van der Waals surface area contributed by atoms with E-state index in [2.05, 4.69) is 52.1 Å². The maximum absolute atomic E-state index is 4.81. The lowest BCUT2D eigenvalue weighted by atomic mass is 9.53. The summed E-state index contributed by atoms with van der Waals surface area (Å²) in [7, 11) is 2.09. The molecule has 1 aromatic heterocycles. The van der Waals surface area contributed by atoms with Crippen LogP contribution >= 0.6 is 0 Å². The number of nitrogens with zero attached hydrogens (tertiary/aromatic N) is 2. The van der Waals surface area contributed by atoms with E-state index in [1.165, 1.54) is 49.8 Å². The highest BCUT2D eigenvalue weighted by atomic mass is 15.0. The Kier molecular flexibility index (Phi) is 6.11. The molecule has 1 saturated carbocycles. The Morgan fingerprint density at radius 3 is 2.35 bits per heavy atom. The Bertz CT molecular complexity index is 504. The highest BCUT2D eigenvalue weighted by molar-refractivity contribution is 5.21. The van der Waals surface area contributed by atoms with Gasteiger partial charge in [-0.15, -0.1) is 0 Å². The molecule has 1 unspecified atom stereocenters. The molecule has 1 aromatic rings. The lowest BCUT2D eigenvalue weighted by Crippen LogP contribution is -2.46. The van der Waals surface area contributed by atoms with Crippen molar-refractivity contribution in [1.82, 2.24) is 9.55 Å². The lowest BCUT2D eigenvalue weighted by Gasteiger charge is -2.51. The third kappa shape index (κ3) is 3.56. The molecule has 0 amide bonds. The Morgan fingerprint density at radius 1 is 1.30 bits per heavy atom. The number of aromatic nitrogens is 2. The van der Waals surface area contributed by atoms with Crippen molar-refractivity contribution in [2.24, 2.45) is 24.8 Å². The molecule has 0 aromatic carbocycles. The van der Waals surface area contributed by atoms with Crippen molar-refractivity contribution in [1.29, 1.82) is 0 Å². The average Bonchev–Trinajstić information content (AvgIpc) is 2.92. The summed E-state index contributed by atoms with van der Waals surface area (Å²) >= 11 is 0. The number of aryl methyl sites for hydroxylation is 1. The summed E-state index contributed by atoms with van der Waals surface area (Å²) in [6, 6.07) is 0. The first-order chi connectivity index (χ1) is 11.0. The maximum atomic E-state index is 4.81. The summed E-state index contributed by atoms with van der Waals surface area (Å²) in [6.07, 6.45) is 13.2. The molecule has 23 heavy (non-hydrogen) atoms. The van der Waals surface area contributed by atoms with Gasteiger partial charge in [0, 0.05) is 18.7 Å². The number of rotatable bonds is 9. The molecule has 1 fully saturated rings. The summed E-state index contributed by atoms with van der Waals surface area (Å²) in [4.78, 5) is 4.81. The second-order valence-corrected chi connectivity index (χ2v) is 7.86. The number of hydrogen-bond acceptors (Lipinski definition) is 1. The van der Waals surface area contributed by atoms with Crippen LogP contribution in [0.2, 0.25) is 0 Å². The average molecular weight is 317 g/mol. The van der Waals surface area contributed by atoms with Gasteiger partial charge in [0.1, 0.15) is 0 Å². The second-order valence-electron chi connectivity index (χ2n) is 7.86. The molecule has 2 heteroatoms. The van der Waals surface area contributed by atoms with E-state index in [1.807, 2.05) is 6.33 Å². The van der Waals surface area contributed by atoms with Crippen molar-refractivity contribution in [2.45, 2.75) is 78.1 Å². The molecule has 0 aliphatic heterocycles. The molecule has 1 atom stereocenters. The highest BCUT2D eigenvalue weighted by Crippen LogP contribution is 2.54. The molecular weight excluding hydrogens is 280 g/mol. The van der Waals surface area contributed by atoms with Gasteiger partial charge < -0.3 is 4.57 Å². The molecule has 2 nitrogen and oxygen atoms in total. The van der Waals surface area contributed by atoms with Gasteiger partial charge in [-0.05, 0) is 49.9 Å². The minimum Gasteiger partial charge on any atom is -0.340 e. The first-order valence-corrected chi connectivity index (χ1v) is 9.63. The normalized spacial score (nSPS) is 23.6. The minimum atomic E-state index is 0.220.